The summed E-state index contributed by atoms with van der Waals surface area (Å²) < 4.78 is 0. The monoisotopic (exact) mass is 561 g/mol. The summed E-state index contributed by atoms with van der Waals surface area (Å²) in [7, 11) is 0. The number of fused-ring (bicyclic) bond motifs is 1. The number of aromatic amines is 1. The van der Waals surface area contributed by atoms with Crippen LogP contribution in [0.1, 0.15) is 80.3 Å². The molecule has 3 aliphatic rings. The average molecular weight is 562 g/mol. The SMILES string of the molecule is C=C/C=C(\N=C(C=C)Nc1cc(C)c2[nH]c(C(=O)CC3CCC(CC4CCCC4=O)CC3)cc2c1)C1=CCC(=C)C=C1. The van der Waals surface area contributed by atoms with Crippen LogP contribution in [-0.2, 0) is 4.79 Å². The number of aliphatic imine (C=N–C) groups is 1. The van der Waals surface area contributed by atoms with Gasteiger partial charge in [-0.2, -0.15) is 0 Å². The van der Waals surface area contributed by atoms with Gasteiger partial charge in [0.2, 0.25) is 0 Å². The smallest absolute Gasteiger partial charge is 0.179 e. The lowest BCUT2D eigenvalue weighted by Crippen LogP contribution is -2.20. The number of carbonyl (C=O) groups excluding carboxylic acids is 2. The minimum Gasteiger partial charge on any atom is -0.352 e. The van der Waals surface area contributed by atoms with Crippen LogP contribution in [0.2, 0.25) is 0 Å². The molecule has 1 unspecified atom stereocenters. The van der Waals surface area contributed by atoms with E-state index in [4.69, 9.17) is 4.99 Å². The van der Waals surface area contributed by atoms with Crippen molar-refractivity contribution in [2.75, 3.05) is 5.32 Å². The Balaban J connectivity index is 1.24. The quantitative estimate of drug-likeness (QED) is 0.131. The number of ketones is 2. The van der Waals surface area contributed by atoms with E-state index in [2.05, 4.69) is 42.2 Å². The zero-order chi connectivity index (χ0) is 29.6. The third-order valence-corrected chi connectivity index (χ3v) is 9.08. The lowest BCUT2D eigenvalue weighted by Gasteiger charge is -2.29. The van der Waals surface area contributed by atoms with Gasteiger partial charge in [-0.25, -0.2) is 4.99 Å². The van der Waals surface area contributed by atoms with Gasteiger partial charge in [-0.05, 0) is 98.8 Å². The van der Waals surface area contributed by atoms with Crippen LogP contribution in [0, 0.1) is 24.7 Å². The molecule has 1 aromatic carbocycles. The fourth-order valence-electron chi connectivity index (χ4n) is 6.72. The van der Waals surface area contributed by atoms with Gasteiger partial charge >= 0.3 is 0 Å². The van der Waals surface area contributed by atoms with Crippen LogP contribution in [0.25, 0.3) is 10.9 Å². The molecule has 0 saturated heterocycles. The Morgan fingerprint density at radius 1 is 1.10 bits per heavy atom. The molecule has 5 heteroatoms. The largest absolute Gasteiger partial charge is 0.352 e. The molecule has 0 aliphatic heterocycles. The van der Waals surface area contributed by atoms with E-state index in [0.29, 0.717) is 41.5 Å². The summed E-state index contributed by atoms with van der Waals surface area (Å²) in [5.41, 5.74) is 6.47. The van der Waals surface area contributed by atoms with Crippen LogP contribution in [0.5, 0.6) is 0 Å². The van der Waals surface area contributed by atoms with Gasteiger partial charge < -0.3 is 10.3 Å². The maximum atomic E-state index is 13.3. The average Bonchev–Trinajstić information content (AvgIpc) is 3.60. The van der Waals surface area contributed by atoms with Gasteiger partial charge in [0.05, 0.1) is 11.4 Å². The highest BCUT2D eigenvalue weighted by Gasteiger charge is 2.30. The Labute approximate surface area is 250 Å². The van der Waals surface area contributed by atoms with E-state index < -0.39 is 0 Å². The van der Waals surface area contributed by atoms with Crippen molar-refractivity contribution < 1.29 is 9.59 Å². The van der Waals surface area contributed by atoms with Crippen molar-refractivity contribution in [3.05, 3.63) is 102 Å². The summed E-state index contributed by atoms with van der Waals surface area (Å²) in [5.74, 6) is 2.65. The number of H-pyrrole nitrogens is 1. The van der Waals surface area contributed by atoms with Gasteiger partial charge in [0.15, 0.2) is 5.78 Å². The number of Topliss-reactive ketones (excluding diaryl/α,β-unsaturated/α-hetero) is 2. The topological polar surface area (TPSA) is 74.3 Å². The van der Waals surface area contributed by atoms with E-state index >= 15 is 0 Å². The molecule has 5 nitrogen and oxygen atoms in total. The molecule has 218 valence electrons. The van der Waals surface area contributed by atoms with E-state index in [-0.39, 0.29) is 5.78 Å². The second kappa shape index (κ2) is 13.3. The Hall–Kier alpha value is -3.99. The minimum atomic E-state index is 0.179. The van der Waals surface area contributed by atoms with Crippen molar-refractivity contribution in [1.82, 2.24) is 4.98 Å². The van der Waals surface area contributed by atoms with Gasteiger partial charge in [0.1, 0.15) is 11.6 Å². The second-order valence-corrected chi connectivity index (χ2v) is 12.2. The first-order valence-electron chi connectivity index (χ1n) is 15.4. The number of aryl methyl sites for hydroxylation is 1. The van der Waals surface area contributed by atoms with Crippen molar-refractivity contribution >= 4 is 34.0 Å². The lowest BCUT2D eigenvalue weighted by molar-refractivity contribution is -0.121. The van der Waals surface area contributed by atoms with Crippen LogP contribution in [0.4, 0.5) is 5.69 Å². The van der Waals surface area contributed by atoms with Crippen LogP contribution in [0.3, 0.4) is 0 Å². The van der Waals surface area contributed by atoms with Gasteiger partial charge in [-0.15, -0.1) is 0 Å². The lowest BCUT2D eigenvalue weighted by atomic mass is 9.76. The Morgan fingerprint density at radius 3 is 2.55 bits per heavy atom. The molecule has 0 bridgehead atoms. The molecule has 0 spiro atoms. The number of benzene rings is 1. The molecule has 42 heavy (non-hydrogen) atoms. The third kappa shape index (κ3) is 7.07. The zero-order valence-electron chi connectivity index (χ0n) is 24.9. The number of allylic oxidation sites excluding steroid dienone is 6. The minimum absolute atomic E-state index is 0.179. The summed E-state index contributed by atoms with van der Waals surface area (Å²) in [5, 5.41) is 4.40. The Bertz CT molecular complexity index is 1520. The highest BCUT2D eigenvalue weighted by Crippen LogP contribution is 2.38. The van der Waals surface area contributed by atoms with Crippen molar-refractivity contribution in [3.63, 3.8) is 0 Å². The summed E-state index contributed by atoms with van der Waals surface area (Å²) in [6.07, 6.45) is 21.3. The fourth-order valence-corrected chi connectivity index (χ4v) is 6.72. The molecule has 2 saturated carbocycles. The predicted molar refractivity (Wildman–Crippen MR) is 175 cm³/mol. The first-order valence-corrected chi connectivity index (χ1v) is 15.4. The van der Waals surface area contributed by atoms with Crippen LogP contribution >= 0.6 is 0 Å². The van der Waals surface area contributed by atoms with E-state index in [0.717, 1.165) is 96.8 Å². The van der Waals surface area contributed by atoms with Crippen molar-refractivity contribution in [1.29, 1.82) is 0 Å². The molecule has 2 N–H and O–H groups in total. The summed E-state index contributed by atoms with van der Waals surface area (Å²) in [6, 6.07) is 6.08. The number of rotatable bonds is 10. The molecular weight excluding hydrogens is 518 g/mol. The highest BCUT2D eigenvalue weighted by molar-refractivity contribution is 6.06. The maximum absolute atomic E-state index is 13.3. The molecule has 3 aliphatic carbocycles. The predicted octanol–water partition coefficient (Wildman–Crippen LogP) is 9.12. The maximum Gasteiger partial charge on any atom is 0.179 e. The van der Waals surface area contributed by atoms with Crippen molar-refractivity contribution in [3.8, 4) is 0 Å². The molecule has 0 amide bonds. The molecule has 5 rings (SSSR count). The molecule has 1 atom stereocenters. The highest BCUT2D eigenvalue weighted by atomic mass is 16.1. The van der Waals surface area contributed by atoms with Crippen LogP contribution in [0.15, 0.2) is 96.2 Å². The van der Waals surface area contributed by atoms with Crippen molar-refractivity contribution in [2.45, 2.75) is 71.1 Å². The van der Waals surface area contributed by atoms with E-state index in [1.807, 2.05) is 37.3 Å². The number of nitrogens with one attached hydrogen (secondary N) is 2. The summed E-state index contributed by atoms with van der Waals surface area (Å²) in [4.78, 5) is 33.6. The first kappa shape index (κ1) is 29.5. The standard InChI is InChI=1S/C37H43N3O2/c1-5-8-32(28-17-11-24(3)12-18-28)39-36(6-2)38-31-19-25(4)37-30(22-31)23-33(40-37)35(42)21-27-15-13-26(14-16-27)20-29-9-7-10-34(29)41/h5-6,8,11,17-19,22-23,26-27,29,40H,1-3,7,9-10,12-16,20-21H2,4H3,(H,38,39)/b32-8-. The number of hydrogen-bond donors (Lipinski definition) is 2. The number of carbonyl (C=O) groups is 2. The van der Waals surface area contributed by atoms with Crippen molar-refractivity contribution in [2.24, 2.45) is 22.7 Å². The Morgan fingerprint density at radius 2 is 1.88 bits per heavy atom. The molecule has 2 aromatic rings. The zero-order valence-corrected chi connectivity index (χ0v) is 24.9. The summed E-state index contributed by atoms with van der Waals surface area (Å²) in [6.45, 7) is 13.9. The van der Waals surface area contributed by atoms with E-state index in [9.17, 15) is 9.59 Å². The first-order chi connectivity index (χ1) is 20.3. The second-order valence-electron chi connectivity index (χ2n) is 12.2. The molecule has 0 radical (unpaired) electrons. The summed E-state index contributed by atoms with van der Waals surface area (Å²) >= 11 is 0. The normalized spacial score (nSPS) is 23.3. The Kier molecular flexibility index (Phi) is 9.36. The van der Waals surface area contributed by atoms with Crippen LogP contribution < -0.4 is 5.32 Å². The van der Waals surface area contributed by atoms with E-state index in [1.165, 1.54) is 0 Å². The van der Waals surface area contributed by atoms with Gasteiger partial charge in [0.25, 0.3) is 0 Å². The van der Waals surface area contributed by atoms with Gasteiger partial charge in [0, 0.05) is 35.3 Å². The van der Waals surface area contributed by atoms with Gasteiger partial charge in [-0.1, -0.05) is 62.5 Å². The van der Waals surface area contributed by atoms with Gasteiger partial charge in [-0.3, -0.25) is 9.59 Å². The third-order valence-electron chi connectivity index (χ3n) is 9.08. The molecule has 1 aromatic heterocycles. The number of nitrogens with zero attached hydrogens (tertiary/aromatic N) is 1. The number of anilines is 1. The number of hydrogen-bond acceptors (Lipinski definition) is 3. The molecular formula is C37H43N3O2. The molecule has 1 heterocycles. The fraction of sp³-hybridized carbons (Fsp3) is 0.378. The number of amidine groups is 1. The van der Waals surface area contributed by atoms with E-state index in [1.54, 1.807) is 12.2 Å². The molecule has 2 fully saturated rings. The number of aromatic nitrogens is 1. The van der Waals surface area contributed by atoms with Crippen LogP contribution in [-0.4, -0.2) is 22.4 Å².